The van der Waals surface area contributed by atoms with E-state index in [9.17, 15) is 19.2 Å². The van der Waals surface area contributed by atoms with Gasteiger partial charge in [0.15, 0.2) is 0 Å². The fraction of sp³-hybridized carbons (Fsp3) is 0.333. The van der Waals surface area contributed by atoms with Crippen LogP contribution in [0.5, 0.6) is 0 Å². The first-order valence-electron chi connectivity index (χ1n) is 5.85. The van der Waals surface area contributed by atoms with Crippen LogP contribution in [-0.4, -0.2) is 39.1 Å². The number of carboxylic acid groups (broad SMARTS) is 2. The van der Waals surface area contributed by atoms with Crippen LogP contribution in [-0.2, 0) is 9.59 Å². The molecule has 8 nitrogen and oxygen atoms in total. The van der Waals surface area contributed by atoms with Crippen LogP contribution in [0.1, 0.15) is 29.8 Å². The number of amides is 1. The predicted molar refractivity (Wildman–Crippen MR) is 67.4 cm³/mol. The number of carbonyl (C=O) groups excluding carboxylic acids is 1. The van der Waals surface area contributed by atoms with E-state index < -0.39 is 29.4 Å². The highest BCUT2D eigenvalue weighted by Gasteiger charge is 2.21. The van der Waals surface area contributed by atoms with E-state index in [0.717, 1.165) is 0 Å². The molecular formula is C12H14N2O6. The SMILES string of the molecule is O=C(O)CCC[C@@H](NC(=O)c1cccc(=O)[nH]1)C(=O)O. The van der Waals surface area contributed by atoms with Gasteiger partial charge < -0.3 is 20.5 Å². The van der Waals surface area contributed by atoms with Crippen LogP contribution in [0.3, 0.4) is 0 Å². The van der Waals surface area contributed by atoms with Crippen molar-refractivity contribution in [3.05, 3.63) is 34.2 Å². The summed E-state index contributed by atoms with van der Waals surface area (Å²) >= 11 is 0. The van der Waals surface area contributed by atoms with Crippen molar-refractivity contribution in [2.45, 2.75) is 25.3 Å². The highest BCUT2D eigenvalue weighted by Crippen LogP contribution is 2.03. The van der Waals surface area contributed by atoms with E-state index in [-0.39, 0.29) is 25.0 Å². The van der Waals surface area contributed by atoms with E-state index in [4.69, 9.17) is 10.2 Å². The van der Waals surface area contributed by atoms with E-state index in [0.29, 0.717) is 0 Å². The lowest BCUT2D eigenvalue weighted by atomic mass is 10.1. The van der Waals surface area contributed by atoms with Gasteiger partial charge in [-0.25, -0.2) is 4.79 Å². The first kappa shape index (κ1) is 15.4. The van der Waals surface area contributed by atoms with E-state index >= 15 is 0 Å². The van der Waals surface area contributed by atoms with Crippen LogP contribution in [0.2, 0.25) is 0 Å². The molecule has 0 unspecified atom stereocenters. The molecular weight excluding hydrogens is 268 g/mol. The van der Waals surface area contributed by atoms with Gasteiger partial charge >= 0.3 is 11.9 Å². The van der Waals surface area contributed by atoms with Crippen molar-refractivity contribution < 1.29 is 24.6 Å². The molecule has 1 rings (SSSR count). The molecule has 0 fully saturated rings. The van der Waals surface area contributed by atoms with Crippen molar-refractivity contribution in [2.24, 2.45) is 0 Å². The fourth-order valence-corrected chi connectivity index (χ4v) is 1.53. The molecule has 20 heavy (non-hydrogen) atoms. The Labute approximate surface area is 113 Å². The maximum atomic E-state index is 11.7. The monoisotopic (exact) mass is 282 g/mol. The number of aromatic amines is 1. The van der Waals surface area contributed by atoms with Gasteiger partial charge in [0.2, 0.25) is 5.56 Å². The van der Waals surface area contributed by atoms with Crippen molar-refractivity contribution in [2.75, 3.05) is 0 Å². The number of aromatic nitrogens is 1. The molecule has 108 valence electrons. The Hall–Kier alpha value is -2.64. The molecule has 0 aliphatic rings. The number of carbonyl (C=O) groups is 3. The van der Waals surface area contributed by atoms with Crippen LogP contribution in [0.15, 0.2) is 23.0 Å². The molecule has 1 aromatic heterocycles. The highest BCUT2D eigenvalue weighted by molar-refractivity contribution is 5.94. The average Bonchev–Trinajstić information content (AvgIpc) is 2.36. The second-order valence-electron chi connectivity index (χ2n) is 4.08. The van der Waals surface area contributed by atoms with E-state index in [1.165, 1.54) is 18.2 Å². The largest absolute Gasteiger partial charge is 0.481 e. The van der Waals surface area contributed by atoms with E-state index in [1.54, 1.807) is 0 Å². The van der Waals surface area contributed by atoms with Gasteiger partial charge in [0.25, 0.3) is 5.91 Å². The molecule has 1 amide bonds. The van der Waals surface area contributed by atoms with Gasteiger partial charge in [0.1, 0.15) is 11.7 Å². The molecule has 4 N–H and O–H groups in total. The summed E-state index contributed by atoms with van der Waals surface area (Å²) in [6.45, 7) is 0. The third-order valence-corrected chi connectivity index (χ3v) is 2.50. The Morgan fingerprint density at radius 1 is 1.25 bits per heavy atom. The van der Waals surface area contributed by atoms with E-state index in [2.05, 4.69) is 10.3 Å². The minimum atomic E-state index is -1.26. The van der Waals surface area contributed by atoms with Gasteiger partial charge in [-0.3, -0.25) is 14.4 Å². The quantitative estimate of drug-likeness (QED) is 0.547. The number of hydrogen-bond acceptors (Lipinski definition) is 4. The summed E-state index contributed by atoms with van der Waals surface area (Å²) < 4.78 is 0. The van der Waals surface area contributed by atoms with Crippen molar-refractivity contribution in [1.29, 1.82) is 0 Å². The molecule has 0 aliphatic carbocycles. The zero-order valence-corrected chi connectivity index (χ0v) is 10.5. The number of carboxylic acids is 2. The second kappa shape index (κ2) is 7.07. The van der Waals surface area contributed by atoms with Gasteiger partial charge in [-0.1, -0.05) is 6.07 Å². The summed E-state index contributed by atoms with van der Waals surface area (Å²) in [6.07, 6.45) is -0.0653. The van der Waals surface area contributed by atoms with Crippen LogP contribution in [0, 0.1) is 0 Å². The van der Waals surface area contributed by atoms with Crippen molar-refractivity contribution in [3.8, 4) is 0 Å². The number of nitrogens with one attached hydrogen (secondary N) is 2. The first-order valence-corrected chi connectivity index (χ1v) is 5.85. The minimum Gasteiger partial charge on any atom is -0.481 e. The lowest BCUT2D eigenvalue weighted by Crippen LogP contribution is -2.41. The Morgan fingerprint density at radius 2 is 1.95 bits per heavy atom. The number of pyridine rings is 1. The molecule has 0 saturated heterocycles. The highest BCUT2D eigenvalue weighted by atomic mass is 16.4. The zero-order valence-electron chi connectivity index (χ0n) is 10.5. The molecule has 0 saturated carbocycles. The number of rotatable bonds is 7. The average molecular weight is 282 g/mol. The maximum absolute atomic E-state index is 11.7. The van der Waals surface area contributed by atoms with E-state index in [1.807, 2.05) is 0 Å². The third kappa shape index (κ3) is 4.92. The molecule has 0 bridgehead atoms. The van der Waals surface area contributed by atoms with Crippen molar-refractivity contribution in [1.82, 2.24) is 10.3 Å². The fourth-order valence-electron chi connectivity index (χ4n) is 1.53. The molecule has 1 atom stereocenters. The molecule has 1 heterocycles. The van der Waals surface area contributed by atoms with Gasteiger partial charge in [0, 0.05) is 12.5 Å². The standard InChI is InChI=1S/C12H14N2O6/c15-9-5-1-3-7(13-9)11(18)14-8(12(19)20)4-2-6-10(16)17/h1,3,5,8H,2,4,6H2,(H,13,15)(H,14,18)(H,16,17)(H,19,20)/t8-/m1/s1. The van der Waals surface area contributed by atoms with Crippen molar-refractivity contribution >= 4 is 17.8 Å². The van der Waals surface area contributed by atoms with Crippen LogP contribution in [0.4, 0.5) is 0 Å². The lowest BCUT2D eigenvalue weighted by Gasteiger charge is -2.13. The molecule has 0 aliphatic heterocycles. The topological polar surface area (TPSA) is 137 Å². The number of H-pyrrole nitrogens is 1. The van der Waals surface area contributed by atoms with Gasteiger partial charge in [-0.05, 0) is 18.9 Å². The molecule has 0 spiro atoms. The number of hydrogen-bond donors (Lipinski definition) is 4. The van der Waals surface area contributed by atoms with Crippen molar-refractivity contribution in [3.63, 3.8) is 0 Å². The van der Waals surface area contributed by atoms with Gasteiger partial charge in [-0.15, -0.1) is 0 Å². The Kier molecular flexibility index (Phi) is 5.45. The molecule has 1 aromatic rings. The second-order valence-corrected chi connectivity index (χ2v) is 4.08. The normalized spacial score (nSPS) is 11.6. The van der Waals surface area contributed by atoms with Gasteiger partial charge in [0.05, 0.1) is 0 Å². The molecule has 0 aromatic carbocycles. The summed E-state index contributed by atoms with van der Waals surface area (Å²) in [7, 11) is 0. The zero-order chi connectivity index (χ0) is 15.1. The summed E-state index contributed by atoms with van der Waals surface area (Å²) in [5.41, 5.74) is -0.530. The summed E-state index contributed by atoms with van der Waals surface area (Å²) in [5, 5.41) is 19.7. The Morgan fingerprint density at radius 3 is 2.50 bits per heavy atom. The molecule has 8 heteroatoms. The molecule has 0 radical (unpaired) electrons. The van der Waals surface area contributed by atoms with Crippen LogP contribution >= 0.6 is 0 Å². The Bertz CT molecular complexity index is 565. The Balaban J connectivity index is 2.65. The summed E-state index contributed by atoms with van der Waals surface area (Å²) in [6, 6.07) is 2.73. The van der Waals surface area contributed by atoms with Crippen LogP contribution in [0.25, 0.3) is 0 Å². The summed E-state index contributed by atoms with van der Waals surface area (Å²) in [5.74, 6) is -3.03. The predicted octanol–water partition coefficient (Wildman–Crippen LogP) is -0.187. The third-order valence-electron chi connectivity index (χ3n) is 2.50. The summed E-state index contributed by atoms with van der Waals surface area (Å²) in [4.78, 5) is 46.4. The smallest absolute Gasteiger partial charge is 0.326 e. The van der Waals surface area contributed by atoms with Crippen LogP contribution < -0.4 is 10.9 Å². The number of aliphatic carboxylic acids is 2. The first-order chi connectivity index (χ1) is 9.40. The van der Waals surface area contributed by atoms with Gasteiger partial charge in [-0.2, -0.15) is 0 Å². The minimum absolute atomic E-state index is 0.00949. The lowest BCUT2D eigenvalue weighted by molar-refractivity contribution is -0.140. The maximum Gasteiger partial charge on any atom is 0.326 e.